The summed E-state index contributed by atoms with van der Waals surface area (Å²) in [6.45, 7) is -0.234. The van der Waals surface area contributed by atoms with E-state index in [4.69, 9.17) is 26.7 Å². The summed E-state index contributed by atoms with van der Waals surface area (Å²) < 4.78 is 4.90. The van der Waals surface area contributed by atoms with Crippen molar-refractivity contribution in [1.82, 2.24) is 4.98 Å². The van der Waals surface area contributed by atoms with Crippen LogP contribution in [0.2, 0.25) is 5.15 Å². The number of hydrogen-bond acceptors (Lipinski definition) is 4. The highest BCUT2D eigenvalue weighted by Gasteiger charge is 2.10. The molecule has 1 rings (SSSR count). The zero-order valence-corrected chi connectivity index (χ0v) is 7.67. The van der Waals surface area contributed by atoms with Gasteiger partial charge in [0.2, 0.25) is 0 Å². The number of rotatable bonds is 2. The van der Waals surface area contributed by atoms with Gasteiger partial charge in [0.15, 0.2) is 5.15 Å². The number of nitrogens with zero attached hydrogens (tertiary/aromatic N) is 2. The molecule has 0 spiro atoms. The second-order valence-electron chi connectivity index (χ2n) is 2.25. The van der Waals surface area contributed by atoms with E-state index in [1.165, 1.54) is 13.2 Å². The molecule has 0 unspecified atom stereocenters. The van der Waals surface area contributed by atoms with Crippen molar-refractivity contribution in [1.29, 1.82) is 5.26 Å². The van der Waals surface area contributed by atoms with Crippen LogP contribution in [0.5, 0.6) is 5.75 Å². The van der Waals surface area contributed by atoms with Crippen molar-refractivity contribution in [2.24, 2.45) is 0 Å². The quantitative estimate of drug-likeness (QED) is 0.723. The van der Waals surface area contributed by atoms with E-state index >= 15 is 0 Å². The van der Waals surface area contributed by atoms with Crippen LogP contribution in [0.4, 0.5) is 0 Å². The molecular weight excluding hydrogens is 192 g/mol. The lowest BCUT2D eigenvalue weighted by molar-refractivity contribution is 0.276. The first kappa shape index (κ1) is 9.78. The first-order valence-corrected chi connectivity index (χ1v) is 3.85. The molecular formula is C8H7ClN2O2. The molecule has 1 aromatic rings. The maximum absolute atomic E-state index is 8.79. The van der Waals surface area contributed by atoms with E-state index in [1.807, 2.05) is 6.07 Å². The number of aromatic nitrogens is 1. The summed E-state index contributed by atoms with van der Waals surface area (Å²) in [5.41, 5.74) is 0.558. The molecule has 1 aromatic heterocycles. The summed E-state index contributed by atoms with van der Waals surface area (Å²) in [6.07, 6.45) is 0. The Balaban J connectivity index is 3.31. The van der Waals surface area contributed by atoms with Gasteiger partial charge in [0, 0.05) is 6.07 Å². The smallest absolute Gasteiger partial charge is 0.150 e. The van der Waals surface area contributed by atoms with Crippen LogP contribution in [0.3, 0.4) is 0 Å². The van der Waals surface area contributed by atoms with Gasteiger partial charge in [-0.25, -0.2) is 4.98 Å². The van der Waals surface area contributed by atoms with Crippen LogP contribution in [0, 0.1) is 11.3 Å². The van der Waals surface area contributed by atoms with Gasteiger partial charge in [-0.2, -0.15) is 5.26 Å². The molecule has 0 atom stereocenters. The molecule has 0 bridgehead atoms. The molecule has 0 aliphatic heterocycles. The van der Waals surface area contributed by atoms with Crippen LogP contribution >= 0.6 is 11.6 Å². The number of methoxy groups -OCH3 is 1. The minimum absolute atomic E-state index is 0.0471. The number of ether oxygens (including phenoxy) is 1. The minimum atomic E-state index is -0.234. The third-order valence-corrected chi connectivity index (χ3v) is 1.76. The fourth-order valence-corrected chi connectivity index (χ4v) is 1.13. The maximum Gasteiger partial charge on any atom is 0.150 e. The van der Waals surface area contributed by atoms with E-state index in [-0.39, 0.29) is 17.3 Å². The van der Waals surface area contributed by atoms with Crippen molar-refractivity contribution in [3.63, 3.8) is 0 Å². The molecule has 1 heterocycles. The third kappa shape index (κ3) is 1.89. The van der Waals surface area contributed by atoms with Crippen LogP contribution < -0.4 is 4.74 Å². The molecule has 0 aliphatic carbocycles. The van der Waals surface area contributed by atoms with E-state index in [0.717, 1.165) is 0 Å². The molecule has 1 N–H and O–H groups in total. The van der Waals surface area contributed by atoms with Crippen LogP contribution in [0.1, 0.15) is 11.3 Å². The van der Waals surface area contributed by atoms with E-state index in [1.54, 1.807) is 0 Å². The van der Waals surface area contributed by atoms with Gasteiger partial charge < -0.3 is 9.84 Å². The number of hydrogen-bond donors (Lipinski definition) is 1. The summed E-state index contributed by atoms with van der Waals surface area (Å²) in [6, 6.07) is 3.34. The number of aliphatic hydroxyl groups is 1. The van der Waals surface area contributed by atoms with Crippen LogP contribution in [0.15, 0.2) is 6.07 Å². The lowest BCUT2D eigenvalue weighted by Crippen LogP contribution is -1.96. The van der Waals surface area contributed by atoms with E-state index < -0.39 is 0 Å². The SMILES string of the molecule is COc1cc(CO)nc(Cl)c1C#N. The second-order valence-corrected chi connectivity index (χ2v) is 2.61. The summed E-state index contributed by atoms with van der Waals surface area (Å²) in [7, 11) is 1.42. The molecule has 0 amide bonds. The molecule has 0 radical (unpaired) electrons. The van der Waals surface area contributed by atoms with Crippen molar-refractivity contribution in [3.8, 4) is 11.8 Å². The molecule has 5 heteroatoms. The number of aliphatic hydroxyl groups excluding tert-OH is 1. The van der Waals surface area contributed by atoms with Gasteiger partial charge in [-0.3, -0.25) is 0 Å². The Labute approximate surface area is 80.3 Å². The summed E-state index contributed by atoms with van der Waals surface area (Å²) in [5.74, 6) is 0.326. The largest absolute Gasteiger partial charge is 0.495 e. The Morgan fingerprint density at radius 1 is 1.77 bits per heavy atom. The highest BCUT2D eigenvalue weighted by atomic mass is 35.5. The molecule has 0 aromatic carbocycles. The third-order valence-electron chi connectivity index (χ3n) is 1.49. The van der Waals surface area contributed by atoms with Gasteiger partial charge in [-0.05, 0) is 0 Å². The average Bonchev–Trinajstić information content (AvgIpc) is 2.16. The summed E-state index contributed by atoms with van der Waals surface area (Å²) in [4.78, 5) is 3.78. The van der Waals surface area contributed by atoms with Crippen LogP contribution in [-0.2, 0) is 6.61 Å². The fourth-order valence-electron chi connectivity index (χ4n) is 0.883. The lowest BCUT2D eigenvalue weighted by Gasteiger charge is -2.05. The van der Waals surface area contributed by atoms with Crippen molar-refractivity contribution >= 4 is 11.6 Å². The second kappa shape index (κ2) is 4.08. The topological polar surface area (TPSA) is 66.1 Å². The highest BCUT2D eigenvalue weighted by Crippen LogP contribution is 2.24. The standard InChI is InChI=1S/C8H7ClN2O2/c1-13-7-2-5(4-12)11-8(9)6(7)3-10/h2,12H,4H2,1H3. The van der Waals surface area contributed by atoms with Gasteiger partial charge in [0.25, 0.3) is 0 Å². The molecule has 0 aliphatic rings. The Morgan fingerprint density at radius 3 is 2.92 bits per heavy atom. The summed E-state index contributed by atoms with van der Waals surface area (Å²) >= 11 is 5.67. The van der Waals surface area contributed by atoms with Gasteiger partial charge in [-0.15, -0.1) is 0 Å². The van der Waals surface area contributed by atoms with E-state index in [2.05, 4.69) is 4.98 Å². The van der Waals surface area contributed by atoms with Crippen LogP contribution in [0.25, 0.3) is 0 Å². The molecule has 13 heavy (non-hydrogen) atoms. The van der Waals surface area contributed by atoms with E-state index in [9.17, 15) is 0 Å². The monoisotopic (exact) mass is 198 g/mol. The molecule has 0 saturated heterocycles. The normalized spacial score (nSPS) is 9.38. The lowest BCUT2D eigenvalue weighted by atomic mass is 10.2. The first-order chi connectivity index (χ1) is 6.22. The van der Waals surface area contributed by atoms with Crippen molar-refractivity contribution in [2.45, 2.75) is 6.61 Å². The Kier molecular flexibility index (Phi) is 3.07. The average molecular weight is 199 g/mol. The Bertz CT molecular complexity index is 360. The van der Waals surface area contributed by atoms with E-state index in [0.29, 0.717) is 11.4 Å². The number of nitriles is 1. The predicted molar refractivity (Wildman–Crippen MR) is 46.4 cm³/mol. The predicted octanol–water partition coefficient (Wildman–Crippen LogP) is 1.11. The van der Waals surface area contributed by atoms with Gasteiger partial charge in [-0.1, -0.05) is 11.6 Å². The highest BCUT2D eigenvalue weighted by molar-refractivity contribution is 6.30. The molecule has 0 fully saturated rings. The van der Waals surface area contributed by atoms with Crippen molar-refractivity contribution in [3.05, 3.63) is 22.5 Å². The van der Waals surface area contributed by atoms with Gasteiger partial charge in [0.1, 0.15) is 17.4 Å². The van der Waals surface area contributed by atoms with Gasteiger partial charge >= 0.3 is 0 Å². The number of pyridine rings is 1. The zero-order valence-electron chi connectivity index (χ0n) is 6.91. The van der Waals surface area contributed by atoms with Crippen LogP contribution in [-0.4, -0.2) is 17.2 Å². The number of halogens is 1. The minimum Gasteiger partial charge on any atom is -0.495 e. The zero-order chi connectivity index (χ0) is 9.84. The Hall–Kier alpha value is -1.31. The molecule has 68 valence electrons. The van der Waals surface area contributed by atoms with Crippen molar-refractivity contribution < 1.29 is 9.84 Å². The first-order valence-electron chi connectivity index (χ1n) is 3.47. The Morgan fingerprint density at radius 2 is 2.46 bits per heavy atom. The van der Waals surface area contributed by atoms with Crippen molar-refractivity contribution in [2.75, 3.05) is 7.11 Å². The van der Waals surface area contributed by atoms with Gasteiger partial charge in [0.05, 0.1) is 19.4 Å². The summed E-state index contributed by atoms with van der Waals surface area (Å²) in [5, 5.41) is 17.5. The fraction of sp³-hybridized carbons (Fsp3) is 0.250. The maximum atomic E-state index is 8.79. The molecule has 4 nitrogen and oxygen atoms in total. The molecule has 0 saturated carbocycles.